The van der Waals surface area contributed by atoms with Crippen LogP contribution in [0, 0.1) is 0 Å². The second-order valence-corrected chi connectivity index (χ2v) is 4.19. The summed E-state index contributed by atoms with van der Waals surface area (Å²) in [6, 6.07) is 7.44. The summed E-state index contributed by atoms with van der Waals surface area (Å²) < 4.78 is 6.48. The van der Waals surface area contributed by atoms with Gasteiger partial charge in [0.25, 0.3) is 5.91 Å². The predicted octanol–water partition coefficient (Wildman–Crippen LogP) is 0.404. The molecule has 0 bridgehead atoms. The lowest BCUT2D eigenvalue weighted by molar-refractivity contribution is -0.142. The zero-order valence-electron chi connectivity index (χ0n) is 11.0. The average Bonchev–Trinajstić information content (AvgIpc) is 2.76. The Hall–Kier alpha value is -2.41. The van der Waals surface area contributed by atoms with Gasteiger partial charge in [0.15, 0.2) is 5.69 Å². The summed E-state index contributed by atoms with van der Waals surface area (Å²) in [5.41, 5.74) is 1.22. The Kier molecular flexibility index (Phi) is 4.31. The number of hydrogen-bond acceptors (Lipinski definition) is 4. The van der Waals surface area contributed by atoms with Crippen LogP contribution in [0.25, 0.3) is 10.9 Å². The summed E-state index contributed by atoms with van der Waals surface area (Å²) in [5, 5.41) is 16.0. The standard InChI is InChI=1S/C13H15N3O4/c1-16-10-5-3-2-4-9(10)12(15-16)13(19)14-6-7-20-8-11(17)18/h2-5H,6-8H2,1H3,(H,14,19)(H,17,18). The lowest BCUT2D eigenvalue weighted by Crippen LogP contribution is -2.28. The van der Waals surface area contributed by atoms with E-state index in [4.69, 9.17) is 9.84 Å². The lowest BCUT2D eigenvalue weighted by atomic mass is 10.2. The first-order valence-corrected chi connectivity index (χ1v) is 6.09. The van der Waals surface area contributed by atoms with E-state index < -0.39 is 5.97 Å². The highest BCUT2D eigenvalue weighted by molar-refractivity contribution is 6.04. The van der Waals surface area contributed by atoms with Crippen molar-refractivity contribution in [3.05, 3.63) is 30.0 Å². The van der Waals surface area contributed by atoms with Crippen molar-refractivity contribution >= 4 is 22.8 Å². The Labute approximate surface area is 115 Å². The van der Waals surface area contributed by atoms with Gasteiger partial charge in [-0.15, -0.1) is 0 Å². The summed E-state index contributed by atoms with van der Waals surface area (Å²) in [6.07, 6.45) is 0. The molecule has 1 aromatic carbocycles. The van der Waals surface area contributed by atoms with Crippen LogP contribution in [-0.2, 0) is 16.6 Å². The fourth-order valence-corrected chi connectivity index (χ4v) is 1.86. The molecule has 1 heterocycles. The average molecular weight is 277 g/mol. The van der Waals surface area contributed by atoms with Crippen LogP contribution >= 0.6 is 0 Å². The van der Waals surface area contributed by atoms with Crippen molar-refractivity contribution in [1.29, 1.82) is 0 Å². The summed E-state index contributed by atoms with van der Waals surface area (Å²) in [5.74, 6) is -1.34. The molecule has 0 atom stereocenters. The van der Waals surface area contributed by atoms with E-state index in [0.29, 0.717) is 5.69 Å². The number of hydrogen-bond donors (Lipinski definition) is 2. The zero-order valence-corrected chi connectivity index (χ0v) is 11.0. The number of aliphatic carboxylic acids is 1. The molecule has 1 amide bonds. The third kappa shape index (κ3) is 3.12. The van der Waals surface area contributed by atoms with Crippen molar-refractivity contribution < 1.29 is 19.4 Å². The van der Waals surface area contributed by atoms with Gasteiger partial charge in [0, 0.05) is 19.0 Å². The molecule has 0 aliphatic heterocycles. The molecule has 7 heteroatoms. The molecule has 0 radical (unpaired) electrons. The van der Waals surface area contributed by atoms with Crippen molar-refractivity contribution in [1.82, 2.24) is 15.1 Å². The molecule has 2 rings (SSSR count). The fraction of sp³-hybridized carbons (Fsp3) is 0.308. The van der Waals surface area contributed by atoms with Crippen molar-refractivity contribution in [2.75, 3.05) is 19.8 Å². The summed E-state index contributed by atoms with van der Waals surface area (Å²) in [7, 11) is 1.77. The highest BCUT2D eigenvalue weighted by Gasteiger charge is 2.14. The monoisotopic (exact) mass is 277 g/mol. The van der Waals surface area contributed by atoms with Gasteiger partial charge in [0.05, 0.1) is 12.1 Å². The van der Waals surface area contributed by atoms with E-state index in [1.54, 1.807) is 11.7 Å². The first-order chi connectivity index (χ1) is 9.59. The van der Waals surface area contributed by atoms with Crippen LogP contribution in [0.1, 0.15) is 10.5 Å². The second kappa shape index (κ2) is 6.16. The number of fused-ring (bicyclic) bond motifs is 1. The van der Waals surface area contributed by atoms with Crippen molar-refractivity contribution in [2.45, 2.75) is 0 Å². The van der Waals surface area contributed by atoms with Gasteiger partial charge >= 0.3 is 5.97 Å². The van der Waals surface area contributed by atoms with E-state index in [-0.39, 0.29) is 25.7 Å². The minimum atomic E-state index is -1.04. The first-order valence-electron chi connectivity index (χ1n) is 6.09. The number of nitrogens with one attached hydrogen (secondary N) is 1. The highest BCUT2D eigenvalue weighted by Crippen LogP contribution is 2.16. The van der Waals surface area contributed by atoms with Gasteiger partial charge in [-0.25, -0.2) is 4.79 Å². The van der Waals surface area contributed by atoms with E-state index in [9.17, 15) is 9.59 Å². The van der Waals surface area contributed by atoms with E-state index in [1.807, 2.05) is 24.3 Å². The lowest BCUT2D eigenvalue weighted by Gasteiger charge is -2.03. The van der Waals surface area contributed by atoms with E-state index >= 15 is 0 Å². The number of amides is 1. The maximum Gasteiger partial charge on any atom is 0.329 e. The number of aryl methyl sites for hydroxylation is 1. The predicted molar refractivity (Wildman–Crippen MR) is 71.5 cm³/mol. The molecule has 0 aliphatic carbocycles. The molecule has 20 heavy (non-hydrogen) atoms. The molecule has 0 aliphatic rings. The van der Waals surface area contributed by atoms with Crippen LogP contribution in [0.5, 0.6) is 0 Å². The van der Waals surface area contributed by atoms with E-state index in [1.165, 1.54) is 0 Å². The number of ether oxygens (including phenoxy) is 1. The maximum atomic E-state index is 12.0. The normalized spacial score (nSPS) is 10.7. The molecule has 2 N–H and O–H groups in total. The second-order valence-electron chi connectivity index (χ2n) is 4.19. The van der Waals surface area contributed by atoms with Gasteiger partial charge in [-0.2, -0.15) is 5.10 Å². The number of carbonyl (C=O) groups is 2. The van der Waals surface area contributed by atoms with Crippen LogP contribution in [0.4, 0.5) is 0 Å². The number of carbonyl (C=O) groups excluding carboxylic acids is 1. The first kappa shape index (κ1) is 14.0. The summed E-state index contributed by atoms with van der Waals surface area (Å²) >= 11 is 0. The van der Waals surface area contributed by atoms with Crippen LogP contribution in [-0.4, -0.2) is 46.5 Å². The van der Waals surface area contributed by atoms with Crippen LogP contribution in [0.3, 0.4) is 0 Å². The largest absolute Gasteiger partial charge is 0.480 e. The quantitative estimate of drug-likeness (QED) is 0.746. The van der Waals surface area contributed by atoms with E-state index in [0.717, 1.165) is 10.9 Å². The molecule has 0 saturated carbocycles. The Morgan fingerprint density at radius 1 is 1.40 bits per heavy atom. The molecule has 7 nitrogen and oxygen atoms in total. The third-order valence-electron chi connectivity index (χ3n) is 2.73. The molecular weight excluding hydrogens is 262 g/mol. The Balaban J connectivity index is 1.96. The molecule has 0 saturated heterocycles. The zero-order chi connectivity index (χ0) is 14.5. The molecule has 0 unspecified atom stereocenters. The Morgan fingerprint density at radius 2 is 2.15 bits per heavy atom. The third-order valence-corrected chi connectivity index (χ3v) is 2.73. The number of para-hydroxylation sites is 1. The van der Waals surface area contributed by atoms with Gasteiger partial charge in [0.2, 0.25) is 0 Å². The SMILES string of the molecule is Cn1nc(C(=O)NCCOCC(=O)O)c2ccccc21. The highest BCUT2D eigenvalue weighted by atomic mass is 16.5. The summed E-state index contributed by atoms with van der Waals surface area (Å²) in [6.45, 7) is 0.00219. The molecule has 2 aromatic rings. The minimum Gasteiger partial charge on any atom is -0.480 e. The molecule has 0 spiro atoms. The molecular formula is C13H15N3O4. The fourth-order valence-electron chi connectivity index (χ4n) is 1.86. The van der Waals surface area contributed by atoms with Crippen molar-refractivity contribution in [2.24, 2.45) is 7.05 Å². The van der Waals surface area contributed by atoms with Crippen molar-refractivity contribution in [3.8, 4) is 0 Å². The number of carboxylic acids is 1. The van der Waals surface area contributed by atoms with Gasteiger partial charge in [0.1, 0.15) is 6.61 Å². The van der Waals surface area contributed by atoms with Crippen LogP contribution < -0.4 is 5.32 Å². The van der Waals surface area contributed by atoms with Crippen LogP contribution in [0.15, 0.2) is 24.3 Å². The van der Waals surface area contributed by atoms with Crippen LogP contribution in [0.2, 0.25) is 0 Å². The van der Waals surface area contributed by atoms with Gasteiger partial charge in [-0.05, 0) is 6.07 Å². The number of nitrogens with zero attached hydrogens (tertiary/aromatic N) is 2. The number of aromatic nitrogens is 2. The summed E-state index contributed by atoms with van der Waals surface area (Å²) in [4.78, 5) is 22.3. The number of rotatable bonds is 6. The molecule has 0 fully saturated rings. The Bertz CT molecular complexity index is 636. The van der Waals surface area contributed by atoms with Crippen molar-refractivity contribution in [3.63, 3.8) is 0 Å². The minimum absolute atomic E-state index is 0.142. The molecule has 1 aromatic heterocycles. The topological polar surface area (TPSA) is 93.5 Å². The smallest absolute Gasteiger partial charge is 0.329 e. The van der Waals surface area contributed by atoms with E-state index in [2.05, 4.69) is 10.4 Å². The Morgan fingerprint density at radius 3 is 2.90 bits per heavy atom. The van der Waals surface area contributed by atoms with Gasteiger partial charge in [-0.3, -0.25) is 9.48 Å². The molecule has 106 valence electrons. The number of benzene rings is 1. The van der Waals surface area contributed by atoms with Gasteiger partial charge < -0.3 is 15.2 Å². The number of carboxylic acid groups (broad SMARTS) is 1. The van der Waals surface area contributed by atoms with Gasteiger partial charge in [-0.1, -0.05) is 18.2 Å². The maximum absolute atomic E-state index is 12.0.